The topological polar surface area (TPSA) is 46.9 Å². The molecule has 1 heterocycles. The van der Waals surface area contributed by atoms with Gasteiger partial charge in [0.2, 0.25) is 0 Å². The maximum atomic E-state index is 11.9. The van der Waals surface area contributed by atoms with E-state index in [4.69, 9.17) is 0 Å². The van der Waals surface area contributed by atoms with E-state index in [0.717, 1.165) is 0 Å². The predicted molar refractivity (Wildman–Crippen MR) is 64.9 cm³/mol. The van der Waals surface area contributed by atoms with E-state index in [2.05, 4.69) is 10.3 Å². The average Bonchev–Trinajstić information content (AvgIpc) is 2.21. The van der Waals surface area contributed by atoms with E-state index >= 15 is 0 Å². The number of nitrogens with zero attached hydrogens (tertiary/aromatic N) is 2. The number of hydrogen-bond donors (Lipinski definition) is 1. The molecule has 0 saturated heterocycles. The highest BCUT2D eigenvalue weighted by atomic mass is 127. The number of nitrogens with one attached hydrogen (secondary N) is 1. The summed E-state index contributed by atoms with van der Waals surface area (Å²) in [6, 6.07) is 0. The van der Waals surface area contributed by atoms with Crippen molar-refractivity contribution in [2.45, 2.75) is 19.6 Å². The second-order valence-corrected chi connectivity index (χ2v) is 4.56. The van der Waals surface area contributed by atoms with Gasteiger partial charge in [-0.05, 0) is 29.5 Å². The van der Waals surface area contributed by atoms with Crippen LogP contribution in [0, 0.1) is 10.5 Å². The molecular weight excluding hydrogens is 350 g/mol. The zero-order valence-corrected chi connectivity index (χ0v) is 11.2. The third-order valence-corrected chi connectivity index (χ3v) is 2.78. The van der Waals surface area contributed by atoms with Crippen molar-refractivity contribution in [3.05, 3.63) is 25.9 Å². The zero-order valence-electron chi connectivity index (χ0n) is 9.01. The Balaban J connectivity index is 2.59. The monoisotopic (exact) mass is 361 g/mol. The lowest BCUT2D eigenvalue weighted by Gasteiger charge is -2.11. The fourth-order valence-electron chi connectivity index (χ4n) is 1.24. The summed E-state index contributed by atoms with van der Waals surface area (Å²) in [5.41, 5.74) is -0.230. The second kappa shape index (κ2) is 5.80. The molecule has 1 aromatic rings. The standard InChI is InChI=1S/C9H11F3IN3O/c1-6-15-4-7(13)8(17)16(6)3-2-14-5-9(10,11)12/h4,14H,2-3,5H2,1H3. The molecule has 0 amide bonds. The minimum Gasteiger partial charge on any atom is -0.307 e. The van der Waals surface area contributed by atoms with Crippen LogP contribution in [0.5, 0.6) is 0 Å². The first-order valence-electron chi connectivity index (χ1n) is 4.80. The number of rotatable bonds is 4. The molecule has 1 aromatic heterocycles. The summed E-state index contributed by atoms with van der Waals surface area (Å²) >= 11 is 1.84. The Morgan fingerprint density at radius 1 is 1.53 bits per heavy atom. The Kier molecular flexibility index (Phi) is 4.92. The number of alkyl halides is 3. The molecule has 8 heteroatoms. The molecule has 1 rings (SSSR count). The summed E-state index contributed by atoms with van der Waals surface area (Å²) in [4.78, 5) is 15.6. The summed E-state index contributed by atoms with van der Waals surface area (Å²) in [7, 11) is 0. The van der Waals surface area contributed by atoms with Gasteiger partial charge in [-0.15, -0.1) is 0 Å². The molecule has 0 aliphatic rings. The molecule has 0 saturated carbocycles. The Bertz CT molecular complexity index is 444. The van der Waals surface area contributed by atoms with E-state index in [9.17, 15) is 18.0 Å². The number of aryl methyl sites for hydroxylation is 1. The van der Waals surface area contributed by atoms with Crippen molar-refractivity contribution in [1.29, 1.82) is 0 Å². The van der Waals surface area contributed by atoms with Gasteiger partial charge in [-0.25, -0.2) is 4.98 Å². The summed E-state index contributed by atoms with van der Waals surface area (Å²) in [5, 5.41) is 2.23. The molecule has 96 valence electrons. The van der Waals surface area contributed by atoms with E-state index < -0.39 is 12.7 Å². The lowest BCUT2D eigenvalue weighted by Crippen LogP contribution is -2.34. The molecule has 0 fully saturated rings. The van der Waals surface area contributed by atoms with Crippen molar-refractivity contribution in [1.82, 2.24) is 14.9 Å². The van der Waals surface area contributed by atoms with Crippen LogP contribution in [0.25, 0.3) is 0 Å². The van der Waals surface area contributed by atoms with Gasteiger partial charge in [0.1, 0.15) is 5.82 Å². The fraction of sp³-hybridized carbons (Fsp3) is 0.556. The van der Waals surface area contributed by atoms with Crippen LogP contribution in [0.4, 0.5) is 13.2 Å². The minimum atomic E-state index is -4.23. The van der Waals surface area contributed by atoms with Gasteiger partial charge in [-0.2, -0.15) is 13.2 Å². The molecule has 0 spiro atoms. The molecule has 0 bridgehead atoms. The fourth-order valence-corrected chi connectivity index (χ4v) is 1.67. The Morgan fingerprint density at radius 3 is 2.76 bits per heavy atom. The van der Waals surface area contributed by atoms with Gasteiger partial charge in [0.15, 0.2) is 0 Å². The highest BCUT2D eigenvalue weighted by molar-refractivity contribution is 14.1. The third kappa shape index (κ3) is 4.62. The molecule has 0 radical (unpaired) electrons. The van der Waals surface area contributed by atoms with Crippen molar-refractivity contribution in [2.24, 2.45) is 0 Å². The molecule has 4 nitrogen and oxygen atoms in total. The smallest absolute Gasteiger partial charge is 0.307 e. The Morgan fingerprint density at radius 2 is 2.18 bits per heavy atom. The Hall–Kier alpha value is -0.640. The van der Waals surface area contributed by atoms with Gasteiger partial charge in [-0.1, -0.05) is 0 Å². The van der Waals surface area contributed by atoms with E-state index in [0.29, 0.717) is 9.39 Å². The Labute approximate surface area is 109 Å². The lowest BCUT2D eigenvalue weighted by molar-refractivity contribution is -0.124. The van der Waals surface area contributed by atoms with Crippen LogP contribution < -0.4 is 10.9 Å². The maximum Gasteiger partial charge on any atom is 0.401 e. The first-order valence-corrected chi connectivity index (χ1v) is 5.88. The van der Waals surface area contributed by atoms with Gasteiger partial charge < -0.3 is 5.32 Å². The summed E-state index contributed by atoms with van der Waals surface area (Å²) in [6.07, 6.45) is -2.79. The first kappa shape index (κ1) is 14.4. The van der Waals surface area contributed by atoms with Crippen LogP contribution in [0.3, 0.4) is 0 Å². The van der Waals surface area contributed by atoms with Crippen molar-refractivity contribution in [3.8, 4) is 0 Å². The minimum absolute atomic E-state index is 0.0715. The van der Waals surface area contributed by atoms with E-state index in [1.54, 1.807) is 6.92 Å². The zero-order chi connectivity index (χ0) is 13.1. The van der Waals surface area contributed by atoms with Gasteiger partial charge in [-0.3, -0.25) is 9.36 Å². The quantitative estimate of drug-likeness (QED) is 0.650. The number of aromatic nitrogens is 2. The molecular formula is C9H11F3IN3O. The summed E-state index contributed by atoms with van der Waals surface area (Å²) < 4.78 is 37.4. The maximum absolute atomic E-state index is 11.9. The normalized spacial score (nSPS) is 11.8. The van der Waals surface area contributed by atoms with Crippen molar-refractivity contribution in [2.75, 3.05) is 13.1 Å². The molecule has 17 heavy (non-hydrogen) atoms. The largest absolute Gasteiger partial charge is 0.401 e. The summed E-state index contributed by atoms with van der Waals surface area (Å²) in [5.74, 6) is 0.490. The van der Waals surface area contributed by atoms with Gasteiger partial charge >= 0.3 is 6.18 Å². The second-order valence-electron chi connectivity index (χ2n) is 3.40. The van der Waals surface area contributed by atoms with Crippen LogP contribution in [-0.2, 0) is 6.54 Å². The van der Waals surface area contributed by atoms with E-state index in [-0.39, 0.29) is 18.6 Å². The number of halogens is 4. The van der Waals surface area contributed by atoms with Crippen molar-refractivity contribution >= 4 is 22.6 Å². The van der Waals surface area contributed by atoms with Crippen molar-refractivity contribution in [3.63, 3.8) is 0 Å². The first-order chi connectivity index (χ1) is 7.81. The van der Waals surface area contributed by atoms with Gasteiger partial charge in [0.25, 0.3) is 5.56 Å². The third-order valence-electron chi connectivity index (χ3n) is 2.04. The highest BCUT2D eigenvalue weighted by Crippen LogP contribution is 2.11. The van der Waals surface area contributed by atoms with Crippen LogP contribution in [-0.4, -0.2) is 28.8 Å². The van der Waals surface area contributed by atoms with Gasteiger partial charge in [0, 0.05) is 19.3 Å². The van der Waals surface area contributed by atoms with Crippen LogP contribution in [0.1, 0.15) is 5.82 Å². The number of hydrogen-bond acceptors (Lipinski definition) is 3. The molecule has 0 aromatic carbocycles. The van der Waals surface area contributed by atoms with E-state index in [1.165, 1.54) is 10.8 Å². The lowest BCUT2D eigenvalue weighted by atomic mass is 10.5. The summed E-state index contributed by atoms with van der Waals surface area (Å²) in [6.45, 7) is 0.825. The molecule has 0 aliphatic heterocycles. The molecule has 0 unspecified atom stereocenters. The van der Waals surface area contributed by atoms with Crippen molar-refractivity contribution < 1.29 is 13.2 Å². The van der Waals surface area contributed by atoms with E-state index in [1.807, 2.05) is 22.6 Å². The van der Waals surface area contributed by atoms with Crippen LogP contribution >= 0.6 is 22.6 Å². The van der Waals surface area contributed by atoms with Crippen LogP contribution in [0.2, 0.25) is 0 Å². The SMILES string of the molecule is Cc1ncc(I)c(=O)n1CCNCC(F)(F)F. The predicted octanol–water partition coefficient (Wildman–Crippen LogP) is 1.31. The molecule has 0 aliphatic carbocycles. The average molecular weight is 361 g/mol. The van der Waals surface area contributed by atoms with Crippen LogP contribution in [0.15, 0.2) is 11.0 Å². The highest BCUT2D eigenvalue weighted by Gasteiger charge is 2.25. The molecule has 0 atom stereocenters. The van der Waals surface area contributed by atoms with Gasteiger partial charge in [0.05, 0.1) is 10.1 Å². The molecule has 1 N–H and O–H groups in total.